The van der Waals surface area contributed by atoms with Crippen LogP contribution in [0.25, 0.3) is 0 Å². The third-order valence-electron chi connectivity index (χ3n) is 5.90. The summed E-state index contributed by atoms with van der Waals surface area (Å²) in [7, 11) is 2.18. The van der Waals surface area contributed by atoms with Gasteiger partial charge < -0.3 is 5.11 Å². The fourth-order valence-electron chi connectivity index (χ4n) is 4.26. The van der Waals surface area contributed by atoms with Gasteiger partial charge in [0.1, 0.15) is 0 Å². The molecule has 0 spiro atoms. The van der Waals surface area contributed by atoms with Crippen molar-refractivity contribution in [2.45, 2.75) is 77.3 Å². The summed E-state index contributed by atoms with van der Waals surface area (Å²) < 4.78 is 0. The van der Waals surface area contributed by atoms with Crippen LogP contribution in [-0.4, -0.2) is 35.1 Å². The second kappa shape index (κ2) is 6.93. The second-order valence-corrected chi connectivity index (χ2v) is 7.18. The van der Waals surface area contributed by atoms with Gasteiger partial charge in [-0.2, -0.15) is 0 Å². The first-order valence-electron chi connectivity index (χ1n) is 8.47. The van der Waals surface area contributed by atoms with Gasteiger partial charge in [0.05, 0.1) is 5.92 Å². The standard InChI is InChI=1S/C17H31NO2/c1-4-13-7-10-15(17(19)20)16(11-13)18(3)14-8-5-12(2)6-9-14/h12-16H,4-11H2,1-3H3,(H,19,20). The molecule has 1 N–H and O–H groups in total. The predicted molar refractivity (Wildman–Crippen MR) is 81.7 cm³/mol. The molecule has 3 atom stereocenters. The summed E-state index contributed by atoms with van der Waals surface area (Å²) in [5.41, 5.74) is 0. The van der Waals surface area contributed by atoms with E-state index in [0.29, 0.717) is 6.04 Å². The summed E-state index contributed by atoms with van der Waals surface area (Å²) in [5, 5.41) is 9.53. The second-order valence-electron chi connectivity index (χ2n) is 7.18. The molecule has 0 aromatic rings. The average molecular weight is 281 g/mol. The third-order valence-corrected chi connectivity index (χ3v) is 5.90. The Morgan fingerprint density at radius 3 is 2.35 bits per heavy atom. The Morgan fingerprint density at radius 1 is 1.15 bits per heavy atom. The number of hydrogen-bond acceptors (Lipinski definition) is 2. The van der Waals surface area contributed by atoms with E-state index in [1.54, 1.807) is 0 Å². The summed E-state index contributed by atoms with van der Waals surface area (Å²) in [6.45, 7) is 4.58. The Hall–Kier alpha value is -0.570. The highest BCUT2D eigenvalue weighted by Gasteiger charge is 2.39. The van der Waals surface area contributed by atoms with E-state index in [4.69, 9.17) is 0 Å². The molecule has 0 heterocycles. The first kappa shape index (κ1) is 15.8. The van der Waals surface area contributed by atoms with Crippen LogP contribution in [0.5, 0.6) is 0 Å². The van der Waals surface area contributed by atoms with Crippen molar-refractivity contribution in [2.75, 3.05) is 7.05 Å². The monoisotopic (exact) mass is 281 g/mol. The summed E-state index contributed by atoms with van der Waals surface area (Å²) in [6, 6.07) is 0.860. The zero-order valence-electron chi connectivity index (χ0n) is 13.3. The van der Waals surface area contributed by atoms with Crippen molar-refractivity contribution < 1.29 is 9.90 Å². The van der Waals surface area contributed by atoms with E-state index in [0.717, 1.165) is 31.1 Å². The lowest BCUT2D eigenvalue weighted by atomic mass is 9.75. The first-order valence-corrected chi connectivity index (χ1v) is 8.47. The van der Waals surface area contributed by atoms with Gasteiger partial charge in [0.2, 0.25) is 0 Å². The highest BCUT2D eigenvalue weighted by Crippen LogP contribution is 2.37. The summed E-state index contributed by atoms with van der Waals surface area (Å²) in [5.74, 6) is 0.841. The van der Waals surface area contributed by atoms with E-state index < -0.39 is 5.97 Å². The van der Waals surface area contributed by atoms with Gasteiger partial charge in [-0.25, -0.2) is 0 Å². The normalized spacial score (nSPS) is 38.9. The molecule has 2 aliphatic rings. The maximum Gasteiger partial charge on any atom is 0.308 e. The number of aliphatic carboxylic acids is 1. The van der Waals surface area contributed by atoms with Crippen LogP contribution in [0.4, 0.5) is 0 Å². The van der Waals surface area contributed by atoms with E-state index in [-0.39, 0.29) is 12.0 Å². The Balaban J connectivity index is 2.03. The molecule has 3 heteroatoms. The highest BCUT2D eigenvalue weighted by molar-refractivity contribution is 5.71. The molecule has 0 amide bonds. The van der Waals surface area contributed by atoms with Crippen LogP contribution >= 0.6 is 0 Å². The number of nitrogens with zero attached hydrogens (tertiary/aromatic N) is 1. The lowest BCUT2D eigenvalue weighted by Gasteiger charge is -2.44. The Labute approximate surface area is 123 Å². The van der Waals surface area contributed by atoms with Crippen molar-refractivity contribution in [3.63, 3.8) is 0 Å². The van der Waals surface area contributed by atoms with Gasteiger partial charge in [-0.3, -0.25) is 9.69 Å². The maximum atomic E-state index is 11.6. The molecule has 3 unspecified atom stereocenters. The molecule has 0 aliphatic heterocycles. The molecule has 0 radical (unpaired) electrons. The molecule has 20 heavy (non-hydrogen) atoms. The fourth-order valence-corrected chi connectivity index (χ4v) is 4.26. The fraction of sp³-hybridized carbons (Fsp3) is 0.941. The van der Waals surface area contributed by atoms with Crippen LogP contribution in [0.1, 0.15) is 65.2 Å². The Bertz CT molecular complexity index is 323. The highest BCUT2D eigenvalue weighted by atomic mass is 16.4. The minimum atomic E-state index is -0.583. The molecular formula is C17H31NO2. The maximum absolute atomic E-state index is 11.6. The van der Waals surface area contributed by atoms with Crippen LogP contribution in [0, 0.1) is 17.8 Å². The lowest BCUT2D eigenvalue weighted by molar-refractivity contribution is -0.146. The van der Waals surface area contributed by atoms with E-state index in [9.17, 15) is 9.90 Å². The number of rotatable bonds is 4. The van der Waals surface area contributed by atoms with Gasteiger partial charge in [0, 0.05) is 12.1 Å². The van der Waals surface area contributed by atoms with Gasteiger partial charge in [0.25, 0.3) is 0 Å². The Kier molecular flexibility index (Phi) is 5.48. The molecule has 0 aromatic carbocycles. The van der Waals surface area contributed by atoms with Crippen molar-refractivity contribution in [3.8, 4) is 0 Å². The third kappa shape index (κ3) is 3.55. The van der Waals surface area contributed by atoms with Gasteiger partial charge >= 0.3 is 5.97 Å². The van der Waals surface area contributed by atoms with Crippen LogP contribution in [-0.2, 0) is 4.79 Å². The molecule has 0 aromatic heterocycles. The minimum absolute atomic E-state index is 0.151. The largest absolute Gasteiger partial charge is 0.481 e. The summed E-state index contributed by atoms with van der Waals surface area (Å²) >= 11 is 0. The van der Waals surface area contributed by atoms with Crippen molar-refractivity contribution in [1.82, 2.24) is 4.90 Å². The van der Waals surface area contributed by atoms with E-state index >= 15 is 0 Å². The average Bonchev–Trinajstić information content (AvgIpc) is 2.46. The molecular weight excluding hydrogens is 250 g/mol. The zero-order valence-corrected chi connectivity index (χ0v) is 13.3. The van der Waals surface area contributed by atoms with Crippen LogP contribution in [0.2, 0.25) is 0 Å². The molecule has 2 rings (SSSR count). The van der Waals surface area contributed by atoms with Gasteiger partial charge in [-0.1, -0.05) is 20.3 Å². The molecule has 2 aliphatic carbocycles. The molecule has 2 fully saturated rings. The smallest absolute Gasteiger partial charge is 0.308 e. The van der Waals surface area contributed by atoms with Gasteiger partial charge in [0.15, 0.2) is 0 Å². The number of carboxylic acids is 1. The molecule has 0 bridgehead atoms. The van der Waals surface area contributed by atoms with Gasteiger partial charge in [-0.05, 0) is 63.8 Å². The number of carboxylic acid groups (broad SMARTS) is 1. The van der Waals surface area contributed by atoms with Crippen LogP contribution in [0.15, 0.2) is 0 Å². The SMILES string of the molecule is CCC1CCC(C(=O)O)C(N(C)C2CCC(C)CC2)C1. The molecule has 0 saturated heterocycles. The van der Waals surface area contributed by atoms with Gasteiger partial charge in [-0.15, -0.1) is 0 Å². The number of carbonyl (C=O) groups is 1. The zero-order chi connectivity index (χ0) is 14.7. The molecule has 2 saturated carbocycles. The number of hydrogen-bond donors (Lipinski definition) is 1. The predicted octanol–water partition coefficient (Wildman–Crippen LogP) is 3.78. The van der Waals surface area contributed by atoms with Crippen LogP contribution < -0.4 is 0 Å². The Morgan fingerprint density at radius 2 is 1.80 bits per heavy atom. The van der Waals surface area contributed by atoms with E-state index in [2.05, 4.69) is 25.8 Å². The summed E-state index contributed by atoms with van der Waals surface area (Å²) in [4.78, 5) is 14.0. The summed E-state index contributed by atoms with van der Waals surface area (Å²) in [6.07, 6.45) is 9.34. The quantitative estimate of drug-likeness (QED) is 0.852. The topological polar surface area (TPSA) is 40.5 Å². The lowest BCUT2D eigenvalue weighted by Crippen LogP contribution is -2.50. The van der Waals surface area contributed by atoms with Crippen molar-refractivity contribution in [2.24, 2.45) is 17.8 Å². The van der Waals surface area contributed by atoms with Crippen molar-refractivity contribution >= 4 is 5.97 Å². The van der Waals surface area contributed by atoms with Crippen molar-refractivity contribution in [1.29, 1.82) is 0 Å². The molecule has 3 nitrogen and oxygen atoms in total. The van der Waals surface area contributed by atoms with E-state index in [1.807, 2.05) is 0 Å². The van der Waals surface area contributed by atoms with Crippen molar-refractivity contribution in [3.05, 3.63) is 0 Å². The molecule has 116 valence electrons. The first-order chi connectivity index (χ1) is 9.52. The minimum Gasteiger partial charge on any atom is -0.481 e. The van der Waals surface area contributed by atoms with Crippen LogP contribution in [0.3, 0.4) is 0 Å². The van der Waals surface area contributed by atoms with E-state index in [1.165, 1.54) is 32.1 Å².